The van der Waals surface area contributed by atoms with E-state index in [2.05, 4.69) is 10.3 Å². The number of aromatic nitrogens is 4. The molecule has 1 aliphatic rings. The minimum Gasteiger partial charge on any atom is -0.325 e. The van der Waals surface area contributed by atoms with E-state index in [1.165, 1.54) is 9.13 Å². The van der Waals surface area contributed by atoms with Crippen LogP contribution in [0.25, 0.3) is 11.2 Å². The Morgan fingerprint density at radius 2 is 2.05 bits per heavy atom. The molecule has 0 amide bonds. The van der Waals surface area contributed by atoms with Gasteiger partial charge in [-0.1, -0.05) is 6.92 Å². The molecule has 1 N–H and O–H groups in total. The molecule has 1 atom stereocenters. The van der Waals surface area contributed by atoms with E-state index in [9.17, 15) is 9.59 Å². The summed E-state index contributed by atoms with van der Waals surface area (Å²) in [7, 11) is 3.51. The monoisotopic (exact) mass is 291 g/mol. The van der Waals surface area contributed by atoms with Gasteiger partial charge in [0, 0.05) is 33.1 Å². The van der Waals surface area contributed by atoms with E-state index in [1.807, 2.05) is 14.0 Å². The molecule has 2 aromatic heterocycles. The van der Waals surface area contributed by atoms with Gasteiger partial charge in [-0.2, -0.15) is 0 Å². The summed E-state index contributed by atoms with van der Waals surface area (Å²) in [6.07, 6.45) is 2.82. The summed E-state index contributed by atoms with van der Waals surface area (Å²) in [5.74, 6) is 0.814. The Kier molecular flexibility index (Phi) is 3.44. The molecule has 0 aromatic carbocycles. The molecule has 0 spiro atoms. The Hall–Kier alpha value is -1.89. The number of imidazole rings is 1. The Morgan fingerprint density at radius 1 is 1.29 bits per heavy atom. The number of nitrogens with zero attached hydrogens (tertiary/aromatic N) is 4. The first kappa shape index (κ1) is 14.1. The number of aryl methyl sites for hydroxylation is 3. The van der Waals surface area contributed by atoms with Crippen LogP contribution >= 0.6 is 0 Å². The predicted molar refractivity (Wildman–Crippen MR) is 80.6 cm³/mol. The minimum absolute atomic E-state index is 0.201. The van der Waals surface area contributed by atoms with Crippen molar-refractivity contribution in [1.82, 2.24) is 24.0 Å². The van der Waals surface area contributed by atoms with Crippen molar-refractivity contribution in [2.75, 3.05) is 6.54 Å². The summed E-state index contributed by atoms with van der Waals surface area (Å²) in [5, 5.41) is 3.33. The Balaban J connectivity index is 2.23. The number of fused-ring (bicyclic) bond motifs is 1. The Bertz CT molecular complexity index is 792. The third-order valence-electron chi connectivity index (χ3n) is 4.33. The fourth-order valence-corrected chi connectivity index (χ4v) is 3.10. The largest absolute Gasteiger partial charge is 0.332 e. The lowest BCUT2D eigenvalue weighted by Crippen LogP contribution is -2.43. The van der Waals surface area contributed by atoms with Crippen LogP contribution < -0.4 is 16.6 Å². The number of nitrogens with one attached hydrogen (secondary N) is 1. The van der Waals surface area contributed by atoms with Crippen LogP contribution in [0.5, 0.6) is 0 Å². The average molecular weight is 291 g/mol. The first-order chi connectivity index (χ1) is 10.0. The van der Waals surface area contributed by atoms with Crippen LogP contribution in [0, 0.1) is 0 Å². The van der Waals surface area contributed by atoms with Gasteiger partial charge in [-0.25, -0.2) is 9.78 Å². The molecular weight excluding hydrogens is 270 g/mol. The van der Waals surface area contributed by atoms with Crippen molar-refractivity contribution >= 4 is 11.2 Å². The third kappa shape index (κ3) is 2.12. The second-order valence-corrected chi connectivity index (χ2v) is 5.66. The Labute approximate surface area is 122 Å². The second kappa shape index (κ2) is 5.14. The molecule has 21 heavy (non-hydrogen) atoms. The van der Waals surface area contributed by atoms with Gasteiger partial charge in [0.2, 0.25) is 0 Å². The van der Waals surface area contributed by atoms with Crippen LogP contribution in [-0.4, -0.2) is 31.3 Å². The summed E-state index contributed by atoms with van der Waals surface area (Å²) in [6, 6.07) is 0.201. The molecule has 1 unspecified atom stereocenters. The minimum atomic E-state index is -0.290. The van der Waals surface area contributed by atoms with E-state index in [1.54, 1.807) is 11.6 Å². The van der Waals surface area contributed by atoms with Crippen LogP contribution in [0.2, 0.25) is 0 Å². The van der Waals surface area contributed by atoms with Gasteiger partial charge < -0.3 is 9.88 Å². The zero-order valence-corrected chi connectivity index (χ0v) is 12.7. The average Bonchev–Trinajstić information content (AvgIpc) is 3.09. The molecule has 0 saturated carbocycles. The standard InChI is InChI=1S/C14H21N5O2/c1-4-10-16-12-11(17(10)2)13(20)19(14(21)18(12)3)8-9-6-5-7-15-9/h9,15H,4-8H2,1-3H3. The van der Waals surface area contributed by atoms with Gasteiger partial charge in [-0.15, -0.1) is 0 Å². The van der Waals surface area contributed by atoms with E-state index >= 15 is 0 Å². The van der Waals surface area contributed by atoms with Crippen molar-refractivity contribution < 1.29 is 0 Å². The maximum Gasteiger partial charge on any atom is 0.332 e. The van der Waals surface area contributed by atoms with Crippen molar-refractivity contribution in [1.29, 1.82) is 0 Å². The van der Waals surface area contributed by atoms with Crippen LogP contribution in [0.1, 0.15) is 25.6 Å². The molecular formula is C14H21N5O2. The number of hydrogen-bond donors (Lipinski definition) is 1. The lowest BCUT2D eigenvalue weighted by Gasteiger charge is -2.13. The van der Waals surface area contributed by atoms with Crippen LogP contribution in [0.4, 0.5) is 0 Å². The summed E-state index contributed by atoms with van der Waals surface area (Å²) >= 11 is 0. The summed E-state index contributed by atoms with van der Waals surface area (Å²) in [6.45, 7) is 3.36. The summed E-state index contributed by atoms with van der Waals surface area (Å²) < 4.78 is 4.62. The highest BCUT2D eigenvalue weighted by atomic mass is 16.2. The maximum atomic E-state index is 12.7. The quantitative estimate of drug-likeness (QED) is 0.846. The fourth-order valence-electron chi connectivity index (χ4n) is 3.10. The first-order valence-electron chi connectivity index (χ1n) is 7.43. The normalized spacial score (nSPS) is 18.7. The van der Waals surface area contributed by atoms with E-state index in [-0.39, 0.29) is 17.3 Å². The van der Waals surface area contributed by atoms with E-state index in [4.69, 9.17) is 0 Å². The fraction of sp³-hybridized carbons (Fsp3) is 0.643. The highest BCUT2D eigenvalue weighted by Crippen LogP contribution is 2.10. The molecule has 3 heterocycles. The van der Waals surface area contributed by atoms with Crippen molar-refractivity contribution in [3.05, 3.63) is 26.7 Å². The third-order valence-corrected chi connectivity index (χ3v) is 4.33. The molecule has 2 aromatic rings. The SMILES string of the molecule is CCc1nc2c(c(=O)n(CC3CCCN3)c(=O)n2C)n1C. The van der Waals surface area contributed by atoms with Crippen LogP contribution in [-0.2, 0) is 27.1 Å². The zero-order chi connectivity index (χ0) is 15.1. The van der Waals surface area contributed by atoms with Crippen molar-refractivity contribution in [2.45, 2.75) is 38.8 Å². The van der Waals surface area contributed by atoms with Gasteiger partial charge >= 0.3 is 5.69 Å². The second-order valence-electron chi connectivity index (χ2n) is 5.66. The smallest absolute Gasteiger partial charge is 0.325 e. The lowest BCUT2D eigenvalue weighted by molar-refractivity contribution is 0.477. The molecule has 3 rings (SSSR count). The molecule has 114 valence electrons. The topological polar surface area (TPSA) is 73.8 Å². The Morgan fingerprint density at radius 3 is 2.67 bits per heavy atom. The van der Waals surface area contributed by atoms with E-state index < -0.39 is 0 Å². The summed E-state index contributed by atoms with van der Waals surface area (Å²) in [5.41, 5.74) is 0.449. The molecule has 1 fully saturated rings. The predicted octanol–water partition coefficient (Wildman–Crippen LogP) is -0.252. The van der Waals surface area contributed by atoms with E-state index in [0.717, 1.165) is 31.6 Å². The molecule has 0 bridgehead atoms. The number of rotatable bonds is 3. The van der Waals surface area contributed by atoms with Gasteiger partial charge in [-0.3, -0.25) is 13.9 Å². The van der Waals surface area contributed by atoms with Gasteiger partial charge in [-0.05, 0) is 19.4 Å². The molecule has 7 nitrogen and oxygen atoms in total. The summed E-state index contributed by atoms with van der Waals surface area (Å²) in [4.78, 5) is 29.6. The molecule has 7 heteroatoms. The van der Waals surface area contributed by atoms with Gasteiger partial charge in [0.15, 0.2) is 11.2 Å². The molecule has 1 aliphatic heterocycles. The van der Waals surface area contributed by atoms with Gasteiger partial charge in [0.05, 0.1) is 0 Å². The van der Waals surface area contributed by atoms with Crippen LogP contribution in [0.3, 0.4) is 0 Å². The van der Waals surface area contributed by atoms with Gasteiger partial charge in [0.1, 0.15) is 5.82 Å². The van der Waals surface area contributed by atoms with Crippen molar-refractivity contribution in [2.24, 2.45) is 14.1 Å². The molecule has 0 aliphatic carbocycles. The number of hydrogen-bond acceptors (Lipinski definition) is 4. The first-order valence-corrected chi connectivity index (χ1v) is 7.43. The van der Waals surface area contributed by atoms with Gasteiger partial charge in [0.25, 0.3) is 5.56 Å². The maximum absolute atomic E-state index is 12.7. The van der Waals surface area contributed by atoms with E-state index in [0.29, 0.717) is 17.7 Å². The zero-order valence-electron chi connectivity index (χ0n) is 12.7. The molecule has 0 radical (unpaired) electrons. The molecule has 1 saturated heterocycles. The van der Waals surface area contributed by atoms with Crippen molar-refractivity contribution in [3.63, 3.8) is 0 Å². The van der Waals surface area contributed by atoms with Crippen molar-refractivity contribution in [3.8, 4) is 0 Å². The van der Waals surface area contributed by atoms with Crippen LogP contribution in [0.15, 0.2) is 9.59 Å². The highest BCUT2D eigenvalue weighted by Gasteiger charge is 2.21. The lowest BCUT2D eigenvalue weighted by atomic mass is 10.2. The highest BCUT2D eigenvalue weighted by molar-refractivity contribution is 5.70.